The van der Waals surface area contributed by atoms with Gasteiger partial charge in [0.05, 0.1) is 0 Å². The van der Waals surface area contributed by atoms with Crippen LogP contribution < -0.4 is 0 Å². The van der Waals surface area contributed by atoms with Gasteiger partial charge >= 0.3 is 0 Å². The van der Waals surface area contributed by atoms with Crippen molar-refractivity contribution in [2.45, 2.75) is 51.4 Å². The summed E-state index contributed by atoms with van der Waals surface area (Å²) in [4.78, 5) is 0. The third kappa shape index (κ3) is 4.96. The van der Waals surface area contributed by atoms with E-state index in [0.717, 1.165) is 0 Å². The molecule has 0 saturated heterocycles. The van der Waals surface area contributed by atoms with E-state index in [1.54, 1.807) is 0 Å². The summed E-state index contributed by atoms with van der Waals surface area (Å²) in [6.45, 7) is 0. The molecule has 0 heterocycles. The van der Waals surface area contributed by atoms with Crippen molar-refractivity contribution in [3.05, 3.63) is 0 Å². The van der Waals surface area contributed by atoms with Gasteiger partial charge in [0, 0.05) is 16.5 Å². The molecule has 0 unspecified atom stereocenters. The summed E-state index contributed by atoms with van der Waals surface area (Å²) in [5, 5.41) is 0. The van der Waals surface area contributed by atoms with E-state index >= 15 is 0 Å². The Labute approximate surface area is 68.3 Å². The van der Waals surface area contributed by atoms with E-state index in [0.29, 0.717) is 0 Å². The van der Waals surface area contributed by atoms with Crippen LogP contribution in [0.3, 0.4) is 0 Å². The maximum absolute atomic E-state index is 1.50. The molecule has 0 aromatic carbocycles. The summed E-state index contributed by atoms with van der Waals surface area (Å²) in [7, 11) is 0. The normalized spacial score (nSPS) is 21.3. The zero-order valence-corrected chi connectivity index (χ0v) is 6.96. The van der Waals surface area contributed by atoms with E-state index in [2.05, 4.69) is 0 Å². The van der Waals surface area contributed by atoms with Gasteiger partial charge < -0.3 is 0 Å². The van der Waals surface area contributed by atoms with Crippen molar-refractivity contribution in [1.82, 2.24) is 0 Å². The SMILES string of the molecule is C1CCCCCCC1.[Ni]. The van der Waals surface area contributed by atoms with Gasteiger partial charge in [0.1, 0.15) is 0 Å². The van der Waals surface area contributed by atoms with Gasteiger partial charge in [0.2, 0.25) is 0 Å². The Morgan fingerprint density at radius 2 is 0.444 bits per heavy atom. The molecule has 9 heavy (non-hydrogen) atoms. The van der Waals surface area contributed by atoms with Crippen LogP contribution in [0, 0.1) is 0 Å². The molecule has 0 spiro atoms. The Bertz CT molecular complexity index is 28.5. The topological polar surface area (TPSA) is 0 Å². The Morgan fingerprint density at radius 3 is 0.556 bits per heavy atom. The predicted molar refractivity (Wildman–Crippen MR) is 36.9 cm³/mol. The van der Waals surface area contributed by atoms with Crippen LogP contribution in [0.25, 0.3) is 0 Å². The van der Waals surface area contributed by atoms with E-state index in [1.165, 1.54) is 51.4 Å². The standard InChI is InChI=1S/C8H16.Ni/c1-2-4-6-8-7-5-3-1;/h1-8H2;. The molecule has 1 aliphatic rings. The van der Waals surface area contributed by atoms with Gasteiger partial charge in [0.25, 0.3) is 0 Å². The van der Waals surface area contributed by atoms with Gasteiger partial charge in [-0.2, -0.15) is 0 Å². The molecule has 0 bridgehead atoms. The maximum atomic E-state index is 1.50. The predicted octanol–water partition coefficient (Wildman–Crippen LogP) is 3.12. The third-order valence-electron chi connectivity index (χ3n) is 2.00. The summed E-state index contributed by atoms with van der Waals surface area (Å²) >= 11 is 0. The van der Waals surface area contributed by atoms with E-state index in [4.69, 9.17) is 0 Å². The van der Waals surface area contributed by atoms with Crippen molar-refractivity contribution in [2.75, 3.05) is 0 Å². The van der Waals surface area contributed by atoms with Crippen LogP contribution in [0.5, 0.6) is 0 Å². The first-order chi connectivity index (χ1) is 4.00. The second-order valence-electron chi connectivity index (χ2n) is 2.83. The molecule has 0 aromatic heterocycles. The summed E-state index contributed by atoms with van der Waals surface area (Å²) in [6, 6.07) is 0. The summed E-state index contributed by atoms with van der Waals surface area (Å²) in [5.41, 5.74) is 0. The smallest absolute Gasteiger partial charge is 0 e. The van der Waals surface area contributed by atoms with Gasteiger partial charge in [0.15, 0.2) is 0 Å². The molecular weight excluding hydrogens is 155 g/mol. The van der Waals surface area contributed by atoms with Gasteiger partial charge in [-0.3, -0.25) is 0 Å². The van der Waals surface area contributed by atoms with Crippen molar-refractivity contribution in [3.63, 3.8) is 0 Å². The molecular formula is C8H16Ni. The molecule has 1 heteroatoms. The Morgan fingerprint density at radius 1 is 0.333 bits per heavy atom. The first kappa shape index (κ1) is 9.49. The van der Waals surface area contributed by atoms with Gasteiger partial charge in [-0.15, -0.1) is 0 Å². The fraction of sp³-hybridized carbons (Fsp3) is 1.00. The van der Waals surface area contributed by atoms with E-state index < -0.39 is 0 Å². The molecule has 0 aliphatic heterocycles. The minimum atomic E-state index is 0. The molecule has 0 amide bonds. The largest absolute Gasteiger partial charge is 0.0533 e. The Balaban J connectivity index is 0.000000640. The number of rotatable bonds is 0. The van der Waals surface area contributed by atoms with Crippen molar-refractivity contribution >= 4 is 0 Å². The van der Waals surface area contributed by atoms with Crippen molar-refractivity contribution in [3.8, 4) is 0 Å². The first-order valence-electron chi connectivity index (χ1n) is 4.00. The molecule has 0 N–H and O–H groups in total. The van der Waals surface area contributed by atoms with E-state index in [-0.39, 0.29) is 16.5 Å². The zero-order chi connectivity index (χ0) is 5.66. The number of hydrogen-bond donors (Lipinski definition) is 0. The van der Waals surface area contributed by atoms with Gasteiger partial charge in [-0.25, -0.2) is 0 Å². The van der Waals surface area contributed by atoms with Crippen molar-refractivity contribution in [1.29, 1.82) is 0 Å². The fourth-order valence-corrected chi connectivity index (χ4v) is 1.41. The monoisotopic (exact) mass is 170 g/mol. The summed E-state index contributed by atoms with van der Waals surface area (Å²) in [5.74, 6) is 0. The van der Waals surface area contributed by atoms with E-state index in [1.807, 2.05) is 0 Å². The van der Waals surface area contributed by atoms with Crippen molar-refractivity contribution < 1.29 is 16.5 Å². The quantitative estimate of drug-likeness (QED) is 0.491. The summed E-state index contributed by atoms with van der Waals surface area (Å²) < 4.78 is 0. The second-order valence-corrected chi connectivity index (χ2v) is 2.83. The second kappa shape index (κ2) is 6.61. The Kier molecular flexibility index (Phi) is 6.97. The first-order valence-corrected chi connectivity index (χ1v) is 4.00. The van der Waals surface area contributed by atoms with E-state index in [9.17, 15) is 0 Å². The minimum Gasteiger partial charge on any atom is -0.0533 e. The molecule has 0 radical (unpaired) electrons. The number of hydrogen-bond acceptors (Lipinski definition) is 0. The fourth-order valence-electron chi connectivity index (χ4n) is 1.41. The van der Waals surface area contributed by atoms with Crippen LogP contribution in [-0.2, 0) is 16.5 Å². The molecule has 0 aromatic rings. The molecule has 1 aliphatic carbocycles. The zero-order valence-electron chi connectivity index (χ0n) is 5.97. The maximum Gasteiger partial charge on any atom is 0 e. The summed E-state index contributed by atoms with van der Waals surface area (Å²) in [6.07, 6.45) is 12.0. The molecule has 0 nitrogen and oxygen atoms in total. The average molecular weight is 171 g/mol. The van der Waals surface area contributed by atoms with Crippen LogP contribution >= 0.6 is 0 Å². The molecule has 0 atom stereocenters. The Hall–Kier alpha value is 0.494. The molecule has 1 saturated carbocycles. The van der Waals surface area contributed by atoms with Gasteiger partial charge in [-0.1, -0.05) is 51.4 Å². The van der Waals surface area contributed by atoms with Crippen LogP contribution in [-0.4, -0.2) is 0 Å². The van der Waals surface area contributed by atoms with Crippen LogP contribution in [0.4, 0.5) is 0 Å². The minimum absolute atomic E-state index is 0. The van der Waals surface area contributed by atoms with Crippen molar-refractivity contribution in [2.24, 2.45) is 0 Å². The van der Waals surface area contributed by atoms with Crippen LogP contribution in [0.2, 0.25) is 0 Å². The average Bonchev–Trinajstić information content (AvgIpc) is 1.62. The van der Waals surface area contributed by atoms with Gasteiger partial charge in [-0.05, 0) is 0 Å². The third-order valence-corrected chi connectivity index (χ3v) is 2.00. The molecule has 58 valence electrons. The molecule has 1 fully saturated rings. The van der Waals surface area contributed by atoms with Crippen LogP contribution in [0.15, 0.2) is 0 Å². The van der Waals surface area contributed by atoms with Crippen LogP contribution in [0.1, 0.15) is 51.4 Å². The molecule has 1 rings (SSSR count).